The van der Waals surface area contributed by atoms with E-state index in [0.29, 0.717) is 13.2 Å². The van der Waals surface area contributed by atoms with E-state index in [1.54, 1.807) is 13.8 Å². The van der Waals surface area contributed by atoms with Crippen LogP contribution < -0.4 is 0 Å². The van der Waals surface area contributed by atoms with Gasteiger partial charge in [-0.1, -0.05) is 18.2 Å². The third-order valence-corrected chi connectivity index (χ3v) is 5.33. The summed E-state index contributed by atoms with van der Waals surface area (Å²) in [6.07, 6.45) is 0. The van der Waals surface area contributed by atoms with Crippen molar-refractivity contribution >= 4 is 18.2 Å². The van der Waals surface area contributed by atoms with Gasteiger partial charge in [-0.15, -0.1) is 0 Å². The van der Waals surface area contributed by atoms with E-state index in [2.05, 4.69) is 0 Å². The maximum atomic E-state index is 12.1. The number of hydrogen-bond acceptors (Lipinski definition) is 4. The first-order chi connectivity index (χ1) is 7.20. The minimum atomic E-state index is -3.02. The van der Waals surface area contributed by atoms with Gasteiger partial charge in [0, 0.05) is 4.90 Å². The molecule has 5 heteroatoms. The topological polar surface area (TPSA) is 35.5 Å². The summed E-state index contributed by atoms with van der Waals surface area (Å²) in [5.74, 6) is 0. The fraction of sp³-hybridized carbons (Fsp3) is 0.400. The highest BCUT2D eigenvalue weighted by molar-refractivity contribution is 8.55. The standard InChI is InChI=1S/C10H15O3PS/c1-3-12-14(11,13-4-2)15-10-8-6-5-7-9-10/h5-9H,3-4H2,1-2H3. The third-order valence-electron chi connectivity index (χ3n) is 1.53. The van der Waals surface area contributed by atoms with Crippen LogP contribution >= 0.6 is 18.2 Å². The van der Waals surface area contributed by atoms with Gasteiger partial charge in [0.2, 0.25) is 0 Å². The van der Waals surface area contributed by atoms with Crippen molar-refractivity contribution in [2.45, 2.75) is 18.7 Å². The molecule has 0 saturated heterocycles. The Morgan fingerprint density at radius 3 is 2.13 bits per heavy atom. The summed E-state index contributed by atoms with van der Waals surface area (Å²) in [5, 5.41) is 0. The SMILES string of the molecule is CCOP(=O)(OCC)Sc1ccccc1. The normalized spacial score (nSPS) is 11.6. The van der Waals surface area contributed by atoms with Crippen molar-refractivity contribution < 1.29 is 13.6 Å². The molecular formula is C10H15O3PS. The monoisotopic (exact) mass is 246 g/mol. The molecule has 3 nitrogen and oxygen atoms in total. The Labute approximate surface area is 94.5 Å². The molecule has 0 radical (unpaired) electrons. The van der Waals surface area contributed by atoms with Crippen molar-refractivity contribution in [2.24, 2.45) is 0 Å². The van der Waals surface area contributed by atoms with Gasteiger partial charge in [0.25, 0.3) is 0 Å². The average molecular weight is 246 g/mol. The molecule has 0 unspecified atom stereocenters. The first kappa shape index (κ1) is 12.8. The van der Waals surface area contributed by atoms with Crippen molar-refractivity contribution in [1.29, 1.82) is 0 Å². The molecule has 0 amide bonds. The summed E-state index contributed by atoms with van der Waals surface area (Å²) >= 11 is 1.15. The maximum absolute atomic E-state index is 12.1. The van der Waals surface area contributed by atoms with Gasteiger partial charge in [0.1, 0.15) is 0 Å². The Kier molecular flexibility index (Phi) is 5.40. The largest absolute Gasteiger partial charge is 0.393 e. The zero-order valence-corrected chi connectivity index (χ0v) is 10.6. The Balaban J connectivity index is 2.71. The highest BCUT2D eigenvalue weighted by atomic mass is 32.7. The van der Waals surface area contributed by atoms with Gasteiger partial charge in [-0.3, -0.25) is 0 Å². The molecule has 1 aromatic carbocycles. The second-order valence-corrected chi connectivity index (χ2v) is 6.64. The molecule has 84 valence electrons. The average Bonchev–Trinajstić information content (AvgIpc) is 2.19. The molecule has 1 rings (SSSR count). The Morgan fingerprint density at radius 2 is 1.67 bits per heavy atom. The van der Waals surface area contributed by atoms with Gasteiger partial charge in [0.15, 0.2) is 0 Å². The van der Waals surface area contributed by atoms with Crippen LogP contribution in [0.3, 0.4) is 0 Å². The van der Waals surface area contributed by atoms with Crippen molar-refractivity contribution in [2.75, 3.05) is 13.2 Å². The smallest absolute Gasteiger partial charge is 0.301 e. The molecular weight excluding hydrogens is 231 g/mol. The molecule has 0 atom stereocenters. The van der Waals surface area contributed by atoms with Gasteiger partial charge in [-0.25, -0.2) is 4.57 Å². The summed E-state index contributed by atoms with van der Waals surface area (Å²) in [6, 6.07) is 9.47. The van der Waals surface area contributed by atoms with Crippen LogP contribution in [0.25, 0.3) is 0 Å². The predicted molar refractivity (Wildman–Crippen MR) is 63.2 cm³/mol. The van der Waals surface area contributed by atoms with Crippen LogP contribution in [-0.4, -0.2) is 13.2 Å². The van der Waals surface area contributed by atoms with Gasteiger partial charge in [-0.05, 0) is 37.4 Å². The second kappa shape index (κ2) is 6.33. The molecule has 0 spiro atoms. The highest BCUT2D eigenvalue weighted by Crippen LogP contribution is 2.63. The van der Waals surface area contributed by atoms with Crippen molar-refractivity contribution in [3.05, 3.63) is 30.3 Å². The van der Waals surface area contributed by atoms with Gasteiger partial charge in [0.05, 0.1) is 13.2 Å². The molecule has 0 bridgehead atoms. The summed E-state index contributed by atoms with van der Waals surface area (Å²) in [7, 11) is 0. The van der Waals surface area contributed by atoms with E-state index >= 15 is 0 Å². The van der Waals surface area contributed by atoms with Gasteiger partial charge in [-0.2, -0.15) is 0 Å². The van der Waals surface area contributed by atoms with E-state index in [-0.39, 0.29) is 0 Å². The second-order valence-electron chi connectivity index (χ2n) is 2.69. The predicted octanol–water partition coefficient (Wildman–Crippen LogP) is 3.96. The highest BCUT2D eigenvalue weighted by Gasteiger charge is 2.25. The summed E-state index contributed by atoms with van der Waals surface area (Å²) < 4.78 is 22.4. The molecule has 0 aromatic heterocycles. The van der Waals surface area contributed by atoms with Crippen LogP contribution in [0, 0.1) is 0 Å². The Bertz CT molecular complexity index is 319. The van der Waals surface area contributed by atoms with E-state index in [1.165, 1.54) is 0 Å². The lowest BCUT2D eigenvalue weighted by atomic mass is 10.4. The van der Waals surface area contributed by atoms with Crippen LogP contribution in [0.4, 0.5) is 0 Å². The van der Waals surface area contributed by atoms with E-state index in [0.717, 1.165) is 16.3 Å². The zero-order valence-electron chi connectivity index (χ0n) is 8.88. The van der Waals surface area contributed by atoms with Crippen LogP contribution in [-0.2, 0) is 13.6 Å². The summed E-state index contributed by atoms with van der Waals surface area (Å²) in [4.78, 5) is 0.891. The quantitative estimate of drug-likeness (QED) is 0.712. The maximum Gasteiger partial charge on any atom is 0.393 e. The molecule has 15 heavy (non-hydrogen) atoms. The molecule has 1 aromatic rings. The fourth-order valence-corrected chi connectivity index (χ4v) is 4.45. The zero-order chi connectivity index (χ0) is 11.1. The lowest BCUT2D eigenvalue weighted by molar-refractivity contribution is 0.237. The first-order valence-electron chi connectivity index (χ1n) is 4.84. The third kappa shape index (κ3) is 4.39. The molecule has 0 aliphatic carbocycles. The Morgan fingerprint density at radius 1 is 1.13 bits per heavy atom. The van der Waals surface area contributed by atoms with E-state index < -0.39 is 6.80 Å². The molecule has 0 saturated carbocycles. The molecule has 0 aliphatic rings. The lowest BCUT2D eigenvalue weighted by Crippen LogP contribution is -1.91. The van der Waals surface area contributed by atoms with Crippen molar-refractivity contribution in [3.8, 4) is 0 Å². The van der Waals surface area contributed by atoms with E-state index in [1.807, 2.05) is 30.3 Å². The van der Waals surface area contributed by atoms with Gasteiger partial charge >= 0.3 is 6.80 Å². The molecule has 0 aliphatic heterocycles. The van der Waals surface area contributed by atoms with Crippen molar-refractivity contribution in [1.82, 2.24) is 0 Å². The number of benzene rings is 1. The fourth-order valence-electron chi connectivity index (χ4n) is 1.02. The minimum absolute atomic E-state index is 0.386. The van der Waals surface area contributed by atoms with Gasteiger partial charge < -0.3 is 9.05 Å². The Hall–Kier alpha value is -0.280. The van der Waals surface area contributed by atoms with Crippen LogP contribution in [0.1, 0.15) is 13.8 Å². The number of hydrogen-bond donors (Lipinski definition) is 0. The molecule has 0 N–H and O–H groups in total. The number of rotatable bonds is 6. The van der Waals surface area contributed by atoms with E-state index in [4.69, 9.17) is 9.05 Å². The minimum Gasteiger partial charge on any atom is -0.301 e. The van der Waals surface area contributed by atoms with Crippen LogP contribution in [0.5, 0.6) is 0 Å². The molecule has 0 fully saturated rings. The summed E-state index contributed by atoms with van der Waals surface area (Å²) in [6.45, 7) is 1.35. The van der Waals surface area contributed by atoms with Crippen LogP contribution in [0.15, 0.2) is 35.2 Å². The summed E-state index contributed by atoms with van der Waals surface area (Å²) in [5.41, 5.74) is 0. The van der Waals surface area contributed by atoms with Crippen molar-refractivity contribution in [3.63, 3.8) is 0 Å². The lowest BCUT2D eigenvalue weighted by Gasteiger charge is -2.15. The van der Waals surface area contributed by atoms with E-state index in [9.17, 15) is 4.57 Å². The molecule has 0 heterocycles. The van der Waals surface area contributed by atoms with Crippen LogP contribution in [0.2, 0.25) is 0 Å². The first-order valence-corrected chi connectivity index (χ1v) is 7.80.